The van der Waals surface area contributed by atoms with Crippen LogP contribution in [0.1, 0.15) is 17.3 Å². The van der Waals surface area contributed by atoms with Crippen LogP contribution in [0.3, 0.4) is 0 Å². The third-order valence-corrected chi connectivity index (χ3v) is 6.35. The van der Waals surface area contributed by atoms with Crippen molar-refractivity contribution in [1.82, 2.24) is 4.31 Å². The quantitative estimate of drug-likeness (QED) is 0.744. The van der Waals surface area contributed by atoms with Gasteiger partial charge in [-0.3, -0.25) is 4.79 Å². The second-order valence-electron chi connectivity index (χ2n) is 6.16. The molecule has 0 N–H and O–H groups in total. The lowest BCUT2D eigenvalue weighted by Gasteiger charge is -2.36. The number of piperazine rings is 1. The van der Waals surface area contributed by atoms with E-state index < -0.39 is 33.3 Å². The normalized spacial score (nSPS) is 15.8. The van der Waals surface area contributed by atoms with Crippen LogP contribution in [0.4, 0.5) is 18.9 Å². The molecule has 0 radical (unpaired) electrons. The molecule has 1 saturated heterocycles. The van der Waals surface area contributed by atoms with Gasteiger partial charge in [-0.1, -0.05) is 6.07 Å². The van der Waals surface area contributed by atoms with E-state index in [2.05, 4.69) is 0 Å². The van der Waals surface area contributed by atoms with E-state index in [1.165, 1.54) is 19.1 Å². The lowest BCUT2D eigenvalue weighted by atomic mass is 10.1. The van der Waals surface area contributed by atoms with Gasteiger partial charge in [0.15, 0.2) is 17.4 Å². The van der Waals surface area contributed by atoms with Crippen molar-refractivity contribution in [2.45, 2.75) is 11.8 Å². The van der Waals surface area contributed by atoms with E-state index in [1.54, 1.807) is 11.0 Å². The molecule has 0 saturated carbocycles. The summed E-state index contributed by atoms with van der Waals surface area (Å²) < 4.78 is 66.8. The van der Waals surface area contributed by atoms with Crippen molar-refractivity contribution in [2.24, 2.45) is 0 Å². The van der Waals surface area contributed by atoms with E-state index in [-0.39, 0.29) is 36.6 Å². The molecular formula is C18H17F3N2O3S. The van der Waals surface area contributed by atoms with E-state index in [1.807, 2.05) is 0 Å². The first kappa shape index (κ1) is 19.4. The Bertz CT molecular complexity index is 987. The number of halogens is 3. The third-order valence-electron chi connectivity index (χ3n) is 4.45. The maximum absolute atomic E-state index is 14.0. The lowest BCUT2D eigenvalue weighted by Crippen LogP contribution is -2.49. The number of Topliss-reactive ketones (excluding diaryl/α,β-unsaturated/α-hetero) is 1. The maximum Gasteiger partial charge on any atom is 0.243 e. The zero-order chi connectivity index (χ0) is 19.8. The summed E-state index contributed by atoms with van der Waals surface area (Å²) >= 11 is 0. The molecular weight excluding hydrogens is 381 g/mol. The summed E-state index contributed by atoms with van der Waals surface area (Å²) in [4.78, 5) is 13.2. The molecule has 27 heavy (non-hydrogen) atoms. The second kappa shape index (κ2) is 7.32. The molecule has 9 heteroatoms. The Morgan fingerprint density at radius 2 is 1.59 bits per heavy atom. The van der Waals surface area contributed by atoms with Crippen molar-refractivity contribution in [3.8, 4) is 0 Å². The zero-order valence-corrected chi connectivity index (χ0v) is 15.3. The highest BCUT2D eigenvalue weighted by Gasteiger charge is 2.30. The highest BCUT2D eigenvalue weighted by molar-refractivity contribution is 7.89. The van der Waals surface area contributed by atoms with Crippen molar-refractivity contribution >= 4 is 21.5 Å². The molecule has 0 bridgehead atoms. The van der Waals surface area contributed by atoms with E-state index in [9.17, 15) is 26.4 Å². The predicted molar refractivity (Wildman–Crippen MR) is 93.7 cm³/mol. The fraction of sp³-hybridized carbons (Fsp3) is 0.278. The number of benzene rings is 2. The highest BCUT2D eigenvalue weighted by Crippen LogP contribution is 2.27. The van der Waals surface area contributed by atoms with E-state index >= 15 is 0 Å². The van der Waals surface area contributed by atoms with Crippen LogP contribution in [-0.2, 0) is 10.0 Å². The molecule has 1 fully saturated rings. The summed E-state index contributed by atoms with van der Waals surface area (Å²) in [7, 11) is -3.98. The van der Waals surface area contributed by atoms with Crippen molar-refractivity contribution < 1.29 is 26.4 Å². The van der Waals surface area contributed by atoms with Crippen molar-refractivity contribution in [3.05, 3.63) is 59.4 Å². The number of carbonyl (C=O) groups excluding carboxylic acids is 1. The van der Waals surface area contributed by atoms with Crippen LogP contribution >= 0.6 is 0 Å². The summed E-state index contributed by atoms with van der Waals surface area (Å²) in [6.07, 6.45) is 0. The van der Waals surface area contributed by atoms with Crippen LogP contribution in [0, 0.1) is 17.5 Å². The Hall–Kier alpha value is -2.39. The fourth-order valence-electron chi connectivity index (χ4n) is 3.08. The molecule has 1 aliphatic rings. The molecule has 3 rings (SSSR count). The number of sulfonamides is 1. The highest BCUT2D eigenvalue weighted by atomic mass is 32.2. The molecule has 1 aliphatic heterocycles. The molecule has 0 aromatic heterocycles. The first-order valence-electron chi connectivity index (χ1n) is 8.21. The van der Waals surface area contributed by atoms with Crippen molar-refractivity contribution in [2.75, 3.05) is 31.1 Å². The molecule has 0 amide bonds. The molecule has 5 nitrogen and oxygen atoms in total. The van der Waals surface area contributed by atoms with Gasteiger partial charge in [0.1, 0.15) is 5.82 Å². The number of nitrogens with zero attached hydrogens (tertiary/aromatic N) is 2. The first-order chi connectivity index (χ1) is 12.7. The molecule has 144 valence electrons. The minimum atomic E-state index is -3.98. The van der Waals surface area contributed by atoms with Crippen LogP contribution in [-0.4, -0.2) is 44.7 Å². The summed E-state index contributed by atoms with van der Waals surface area (Å²) in [5, 5.41) is 0. The molecule has 0 atom stereocenters. The molecule has 0 aliphatic carbocycles. The van der Waals surface area contributed by atoms with Crippen LogP contribution in [0.25, 0.3) is 0 Å². The topological polar surface area (TPSA) is 57.7 Å². The first-order valence-corrected chi connectivity index (χ1v) is 9.65. The van der Waals surface area contributed by atoms with Gasteiger partial charge >= 0.3 is 0 Å². The average molecular weight is 398 g/mol. The standard InChI is InChI=1S/C18H17F3N2O3S/c1-12(24)18-15(20)3-2-4-17(18)22-7-9-23(10-8-22)27(25,26)13-5-6-14(19)16(21)11-13/h2-6,11H,7-10H2,1H3. The Morgan fingerprint density at radius 3 is 2.19 bits per heavy atom. The van der Waals surface area contributed by atoms with Crippen molar-refractivity contribution in [1.29, 1.82) is 0 Å². The Balaban J connectivity index is 1.80. The fourth-order valence-corrected chi connectivity index (χ4v) is 4.52. The Morgan fingerprint density at radius 1 is 0.926 bits per heavy atom. The number of anilines is 1. The summed E-state index contributed by atoms with van der Waals surface area (Å²) in [6.45, 7) is 1.86. The van der Waals surface area contributed by atoms with Crippen LogP contribution < -0.4 is 4.90 Å². The number of hydrogen-bond acceptors (Lipinski definition) is 4. The predicted octanol–water partition coefficient (Wildman–Crippen LogP) is 2.82. The number of carbonyl (C=O) groups is 1. The van der Waals surface area contributed by atoms with E-state index in [4.69, 9.17) is 0 Å². The number of rotatable bonds is 4. The van der Waals surface area contributed by atoms with Gasteiger partial charge in [-0.05, 0) is 37.3 Å². The van der Waals surface area contributed by atoms with E-state index in [0.717, 1.165) is 16.4 Å². The minimum absolute atomic E-state index is 0.0330. The lowest BCUT2D eigenvalue weighted by molar-refractivity contribution is 0.101. The monoisotopic (exact) mass is 398 g/mol. The van der Waals surface area contributed by atoms with Gasteiger partial charge in [0.25, 0.3) is 0 Å². The minimum Gasteiger partial charge on any atom is -0.368 e. The van der Waals surface area contributed by atoms with Crippen LogP contribution in [0.2, 0.25) is 0 Å². The number of ketones is 1. The van der Waals surface area contributed by atoms with Gasteiger partial charge in [0.05, 0.1) is 16.1 Å². The number of hydrogen-bond donors (Lipinski definition) is 0. The molecule has 1 heterocycles. The van der Waals surface area contributed by atoms with Crippen molar-refractivity contribution in [3.63, 3.8) is 0 Å². The molecule has 2 aromatic rings. The van der Waals surface area contributed by atoms with Gasteiger partial charge < -0.3 is 4.90 Å². The van der Waals surface area contributed by atoms with Gasteiger partial charge in [0, 0.05) is 26.2 Å². The molecule has 0 spiro atoms. The summed E-state index contributed by atoms with van der Waals surface area (Å²) in [5.41, 5.74) is 0.377. The Kier molecular flexibility index (Phi) is 5.25. The summed E-state index contributed by atoms with van der Waals surface area (Å²) in [6, 6.07) is 6.73. The third kappa shape index (κ3) is 3.70. The van der Waals surface area contributed by atoms with Gasteiger partial charge in [-0.25, -0.2) is 21.6 Å². The zero-order valence-electron chi connectivity index (χ0n) is 14.5. The second-order valence-corrected chi connectivity index (χ2v) is 8.10. The summed E-state index contributed by atoms with van der Waals surface area (Å²) in [5.74, 6) is -3.40. The SMILES string of the molecule is CC(=O)c1c(F)cccc1N1CCN(S(=O)(=O)c2ccc(F)c(F)c2)CC1. The van der Waals surface area contributed by atoms with E-state index in [0.29, 0.717) is 11.8 Å². The molecule has 0 unspecified atom stereocenters. The van der Waals surface area contributed by atoms with Crippen LogP contribution in [0.5, 0.6) is 0 Å². The molecule has 2 aromatic carbocycles. The largest absolute Gasteiger partial charge is 0.368 e. The van der Waals surface area contributed by atoms with Gasteiger partial charge in [-0.2, -0.15) is 4.31 Å². The average Bonchev–Trinajstić information content (AvgIpc) is 2.63. The van der Waals surface area contributed by atoms with Crippen LogP contribution in [0.15, 0.2) is 41.3 Å². The van der Waals surface area contributed by atoms with Gasteiger partial charge in [-0.15, -0.1) is 0 Å². The van der Waals surface area contributed by atoms with Gasteiger partial charge in [0.2, 0.25) is 10.0 Å². The Labute approximate surface area is 155 Å². The maximum atomic E-state index is 14.0. The smallest absolute Gasteiger partial charge is 0.243 e.